The second kappa shape index (κ2) is 5.37. The lowest BCUT2D eigenvalue weighted by molar-refractivity contribution is 0.468. The quantitative estimate of drug-likeness (QED) is 0.344. The van der Waals surface area contributed by atoms with Crippen molar-refractivity contribution in [3.8, 4) is 16.9 Å². The number of fused-ring (bicyclic) bond motifs is 3. The molecule has 0 amide bonds. The van der Waals surface area contributed by atoms with Crippen LogP contribution in [-0.2, 0) is 0 Å². The Bertz CT molecular complexity index is 997. The largest absolute Gasteiger partial charge is 0.506 e. The van der Waals surface area contributed by atoms with Gasteiger partial charge in [-0.1, -0.05) is 30.3 Å². The first-order valence-corrected chi connectivity index (χ1v) is 9.14. The van der Waals surface area contributed by atoms with E-state index in [1.807, 2.05) is 23.5 Å². The molecule has 0 unspecified atom stereocenters. The lowest BCUT2D eigenvalue weighted by Gasteiger charge is -2.08. The highest BCUT2D eigenvalue weighted by Gasteiger charge is 2.13. The summed E-state index contributed by atoms with van der Waals surface area (Å²) in [7, 11) is 0. The molecule has 3 aromatic carbocycles. The number of benzene rings is 3. The van der Waals surface area contributed by atoms with Crippen LogP contribution in [0.15, 0.2) is 63.5 Å². The highest BCUT2D eigenvalue weighted by Crippen LogP contribution is 2.43. The number of rotatable bonds is 1. The number of hydrogen-bond donors (Lipinski definition) is 1. The van der Waals surface area contributed by atoms with Gasteiger partial charge in [-0.15, -0.1) is 11.3 Å². The fourth-order valence-corrected chi connectivity index (χ4v) is 5.05. The monoisotopic (exact) mass is 432 g/mol. The lowest BCUT2D eigenvalue weighted by atomic mass is 9.99. The molecule has 1 nitrogen and oxygen atoms in total. The third-order valence-electron chi connectivity index (χ3n) is 3.73. The van der Waals surface area contributed by atoms with Gasteiger partial charge in [-0.3, -0.25) is 0 Å². The summed E-state index contributed by atoms with van der Waals surface area (Å²) in [5.41, 5.74) is 2.25. The van der Waals surface area contributed by atoms with Gasteiger partial charge in [-0.05, 0) is 67.3 Å². The van der Waals surface area contributed by atoms with Crippen molar-refractivity contribution in [2.24, 2.45) is 0 Å². The zero-order chi connectivity index (χ0) is 15.3. The average molecular weight is 434 g/mol. The summed E-state index contributed by atoms with van der Waals surface area (Å²) in [5, 5.41) is 12.5. The SMILES string of the molecule is Oc1c(Br)cc(-c2cccc3sc4ccccc4c23)cc1Br. The molecule has 0 aliphatic heterocycles. The molecule has 1 N–H and O–H groups in total. The molecule has 0 saturated carbocycles. The number of phenolic OH excluding ortho intramolecular Hbond substituents is 1. The van der Waals surface area contributed by atoms with Gasteiger partial charge in [-0.2, -0.15) is 0 Å². The summed E-state index contributed by atoms with van der Waals surface area (Å²) in [5.74, 6) is 0.228. The van der Waals surface area contributed by atoms with E-state index in [0.717, 1.165) is 5.56 Å². The van der Waals surface area contributed by atoms with Crippen molar-refractivity contribution in [3.63, 3.8) is 0 Å². The standard InChI is InChI=1S/C18H10Br2OS/c19-13-8-10(9-14(20)18(13)21)11-5-3-7-16-17(11)12-4-1-2-6-15(12)22-16/h1-9,21H. The third-order valence-corrected chi connectivity index (χ3v) is 6.08. The Kier molecular flexibility index (Phi) is 3.48. The van der Waals surface area contributed by atoms with Gasteiger partial charge in [0.25, 0.3) is 0 Å². The van der Waals surface area contributed by atoms with Gasteiger partial charge < -0.3 is 5.11 Å². The maximum atomic E-state index is 9.93. The van der Waals surface area contributed by atoms with Crippen molar-refractivity contribution >= 4 is 63.4 Å². The van der Waals surface area contributed by atoms with E-state index in [1.165, 1.54) is 25.7 Å². The van der Waals surface area contributed by atoms with E-state index in [9.17, 15) is 5.11 Å². The highest BCUT2D eigenvalue weighted by molar-refractivity contribution is 9.11. The highest BCUT2D eigenvalue weighted by atomic mass is 79.9. The first-order valence-electron chi connectivity index (χ1n) is 6.74. The predicted molar refractivity (Wildman–Crippen MR) is 102 cm³/mol. The number of phenols is 1. The second-order valence-electron chi connectivity index (χ2n) is 5.07. The first-order chi connectivity index (χ1) is 10.6. The predicted octanol–water partition coefficient (Wildman–Crippen LogP) is 6.95. The Morgan fingerprint density at radius 3 is 2.27 bits per heavy atom. The molecule has 22 heavy (non-hydrogen) atoms. The molecular weight excluding hydrogens is 424 g/mol. The molecule has 0 radical (unpaired) electrons. The van der Waals surface area contributed by atoms with E-state index < -0.39 is 0 Å². The Morgan fingerprint density at radius 1 is 0.818 bits per heavy atom. The van der Waals surface area contributed by atoms with E-state index in [1.54, 1.807) is 0 Å². The van der Waals surface area contributed by atoms with Crippen molar-refractivity contribution in [3.05, 3.63) is 63.5 Å². The number of hydrogen-bond acceptors (Lipinski definition) is 2. The minimum atomic E-state index is 0.228. The van der Waals surface area contributed by atoms with Crippen molar-refractivity contribution in [2.75, 3.05) is 0 Å². The van der Waals surface area contributed by atoms with Gasteiger partial charge in [0.15, 0.2) is 0 Å². The average Bonchev–Trinajstić information content (AvgIpc) is 2.90. The molecule has 0 aliphatic rings. The van der Waals surface area contributed by atoms with Crippen molar-refractivity contribution < 1.29 is 5.11 Å². The Hall–Kier alpha value is -1.36. The van der Waals surface area contributed by atoms with Crippen LogP contribution in [0, 0.1) is 0 Å². The number of halogens is 2. The van der Waals surface area contributed by atoms with E-state index in [2.05, 4.69) is 74.3 Å². The minimum absolute atomic E-state index is 0.228. The fourth-order valence-electron chi connectivity index (χ4n) is 2.74. The van der Waals surface area contributed by atoms with Gasteiger partial charge >= 0.3 is 0 Å². The third kappa shape index (κ3) is 2.18. The van der Waals surface area contributed by atoms with Crippen LogP contribution in [0.4, 0.5) is 0 Å². The maximum Gasteiger partial charge on any atom is 0.143 e. The van der Waals surface area contributed by atoms with Crippen LogP contribution in [0.2, 0.25) is 0 Å². The number of aromatic hydroxyl groups is 1. The molecule has 0 spiro atoms. The molecule has 4 rings (SSSR count). The molecule has 0 saturated heterocycles. The van der Waals surface area contributed by atoms with Gasteiger partial charge in [0.1, 0.15) is 5.75 Å². The molecule has 4 aromatic rings. The molecule has 0 bridgehead atoms. The molecular formula is C18H10Br2OS. The second-order valence-corrected chi connectivity index (χ2v) is 7.86. The molecule has 108 valence electrons. The minimum Gasteiger partial charge on any atom is -0.506 e. The van der Waals surface area contributed by atoms with Crippen molar-refractivity contribution in [1.29, 1.82) is 0 Å². The van der Waals surface area contributed by atoms with Crippen LogP contribution in [-0.4, -0.2) is 5.11 Å². The van der Waals surface area contributed by atoms with Crippen molar-refractivity contribution in [2.45, 2.75) is 0 Å². The van der Waals surface area contributed by atoms with Crippen LogP contribution < -0.4 is 0 Å². The van der Waals surface area contributed by atoms with Crippen LogP contribution in [0.3, 0.4) is 0 Å². The van der Waals surface area contributed by atoms with Gasteiger partial charge in [0.05, 0.1) is 8.95 Å². The summed E-state index contributed by atoms with van der Waals surface area (Å²) < 4.78 is 3.95. The maximum absolute atomic E-state index is 9.93. The van der Waals surface area contributed by atoms with Gasteiger partial charge in [0.2, 0.25) is 0 Å². The molecule has 4 heteroatoms. The summed E-state index contributed by atoms with van der Waals surface area (Å²) >= 11 is 8.65. The molecule has 0 aliphatic carbocycles. The first kappa shape index (κ1) is 14.2. The topological polar surface area (TPSA) is 20.2 Å². The summed E-state index contributed by atoms with van der Waals surface area (Å²) in [4.78, 5) is 0. The van der Waals surface area contributed by atoms with Crippen LogP contribution >= 0.6 is 43.2 Å². The Morgan fingerprint density at radius 2 is 1.50 bits per heavy atom. The molecule has 1 heterocycles. The smallest absolute Gasteiger partial charge is 0.143 e. The zero-order valence-corrected chi connectivity index (χ0v) is 15.3. The lowest BCUT2D eigenvalue weighted by Crippen LogP contribution is -1.82. The summed E-state index contributed by atoms with van der Waals surface area (Å²) in [6, 6.07) is 18.8. The summed E-state index contributed by atoms with van der Waals surface area (Å²) in [6.45, 7) is 0. The molecule has 1 aromatic heterocycles. The summed E-state index contributed by atoms with van der Waals surface area (Å²) in [6.07, 6.45) is 0. The zero-order valence-electron chi connectivity index (χ0n) is 11.3. The van der Waals surface area contributed by atoms with Crippen LogP contribution in [0.1, 0.15) is 0 Å². The van der Waals surface area contributed by atoms with Gasteiger partial charge in [0, 0.05) is 20.2 Å². The normalized spacial score (nSPS) is 11.4. The Balaban J connectivity index is 2.11. The van der Waals surface area contributed by atoms with Gasteiger partial charge in [-0.25, -0.2) is 0 Å². The van der Waals surface area contributed by atoms with Crippen molar-refractivity contribution in [1.82, 2.24) is 0 Å². The molecule has 0 fully saturated rings. The van der Waals surface area contributed by atoms with Crippen LogP contribution in [0.25, 0.3) is 31.3 Å². The molecule has 0 atom stereocenters. The fraction of sp³-hybridized carbons (Fsp3) is 0. The van der Waals surface area contributed by atoms with E-state index >= 15 is 0 Å². The van der Waals surface area contributed by atoms with Crippen LogP contribution in [0.5, 0.6) is 5.75 Å². The van der Waals surface area contributed by atoms with E-state index in [-0.39, 0.29) is 5.75 Å². The Labute approximate surface area is 148 Å². The van der Waals surface area contributed by atoms with E-state index in [4.69, 9.17) is 0 Å². The number of thiophene rings is 1. The van der Waals surface area contributed by atoms with E-state index in [0.29, 0.717) is 8.95 Å².